The lowest BCUT2D eigenvalue weighted by Crippen LogP contribution is -2.29. The number of benzene rings is 2. The highest BCUT2D eigenvalue weighted by atomic mass is 16.5. The predicted octanol–water partition coefficient (Wildman–Crippen LogP) is 4.53. The molecule has 0 bridgehead atoms. The summed E-state index contributed by atoms with van der Waals surface area (Å²) in [5, 5.41) is 11.3. The molecule has 0 aliphatic carbocycles. The second-order valence-corrected chi connectivity index (χ2v) is 8.37. The highest BCUT2D eigenvalue weighted by molar-refractivity contribution is 6.46. The molecule has 6 heteroatoms. The zero-order valence-electron chi connectivity index (χ0n) is 17.9. The Kier molecular flexibility index (Phi) is 4.85. The summed E-state index contributed by atoms with van der Waals surface area (Å²) in [4.78, 5) is 27.6. The fourth-order valence-corrected chi connectivity index (χ4v) is 4.43. The quantitative estimate of drug-likeness (QED) is 0.374. The van der Waals surface area contributed by atoms with Crippen LogP contribution < -0.4 is 4.74 Å². The number of ketones is 1. The smallest absolute Gasteiger partial charge is 0.296 e. The zero-order valence-corrected chi connectivity index (χ0v) is 17.9. The first-order valence-electron chi connectivity index (χ1n) is 10.6. The van der Waals surface area contributed by atoms with Crippen molar-refractivity contribution in [3.8, 4) is 5.75 Å². The molecule has 2 aliphatic heterocycles. The number of carbonyl (C=O) groups excluding carboxylic acids is 2. The van der Waals surface area contributed by atoms with E-state index in [0.717, 1.165) is 28.9 Å². The van der Waals surface area contributed by atoms with Gasteiger partial charge in [0, 0.05) is 12.0 Å². The van der Waals surface area contributed by atoms with Crippen LogP contribution in [0.25, 0.3) is 5.76 Å². The van der Waals surface area contributed by atoms with Gasteiger partial charge in [0.25, 0.3) is 11.7 Å². The van der Waals surface area contributed by atoms with Crippen molar-refractivity contribution in [3.05, 3.63) is 94.4 Å². The summed E-state index contributed by atoms with van der Waals surface area (Å²) in [6, 6.07) is 15.7. The van der Waals surface area contributed by atoms with E-state index in [-0.39, 0.29) is 24.0 Å². The molecular weight excluding hydrogens is 406 g/mol. The van der Waals surface area contributed by atoms with E-state index in [1.54, 1.807) is 24.3 Å². The van der Waals surface area contributed by atoms with Gasteiger partial charge in [-0.2, -0.15) is 0 Å². The van der Waals surface area contributed by atoms with E-state index in [0.29, 0.717) is 11.3 Å². The fraction of sp³-hybridized carbons (Fsp3) is 0.231. The molecule has 5 rings (SSSR count). The average molecular weight is 429 g/mol. The normalized spacial score (nSPS) is 21.6. The molecule has 1 amide bonds. The maximum absolute atomic E-state index is 13.1. The van der Waals surface area contributed by atoms with Gasteiger partial charge < -0.3 is 19.2 Å². The molecule has 162 valence electrons. The number of fused-ring (bicyclic) bond motifs is 1. The maximum atomic E-state index is 13.1. The van der Waals surface area contributed by atoms with Gasteiger partial charge in [0.15, 0.2) is 0 Å². The number of aryl methyl sites for hydroxylation is 1. The molecule has 2 aliphatic rings. The Morgan fingerprint density at radius 2 is 1.91 bits per heavy atom. The summed E-state index contributed by atoms with van der Waals surface area (Å²) < 4.78 is 11.2. The molecule has 3 aromatic rings. The molecule has 0 saturated carbocycles. The second-order valence-electron chi connectivity index (χ2n) is 8.37. The number of amides is 1. The molecule has 32 heavy (non-hydrogen) atoms. The first-order valence-corrected chi connectivity index (χ1v) is 10.6. The summed E-state index contributed by atoms with van der Waals surface area (Å²) in [5.74, 6) is -0.204. The molecule has 6 nitrogen and oxygen atoms in total. The number of likely N-dealkylation sites (tertiary alicyclic amines) is 1. The van der Waals surface area contributed by atoms with Crippen molar-refractivity contribution in [1.82, 2.24) is 4.90 Å². The topological polar surface area (TPSA) is 80.0 Å². The van der Waals surface area contributed by atoms with Gasteiger partial charge in [-0.15, -0.1) is 0 Å². The van der Waals surface area contributed by atoms with Crippen LogP contribution in [0.15, 0.2) is 70.9 Å². The number of aliphatic hydroxyl groups excluding tert-OH is 1. The summed E-state index contributed by atoms with van der Waals surface area (Å²) in [7, 11) is 0. The number of Topliss-reactive ketones (excluding diaryl/α,β-unsaturated/α-hetero) is 1. The Morgan fingerprint density at radius 1 is 1.12 bits per heavy atom. The van der Waals surface area contributed by atoms with Gasteiger partial charge in [0.05, 0.1) is 24.4 Å². The third kappa shape index (κ3) is 3.38. The average Bonchev–Trinajstić information content (AvgIpc) is 3.48. The predicted molar refractivity (Wildman–Crippen MR) is 118 cm³/mol. The summed E-state index contributed by atoms with van der Waals surface area (Å²) in [6.45, 7) is 4.08. The summed E-state index contributed by atoms with van der Waals surface area (Å²) in [6.07, 6.45) is 2.32. The number of nitrogens with zero attached hydrogens (tertiary/aromatic N) is 1. The SMILES string of the molecule is Cc1ccc(C2C(=C(O)c3ccc4c(c3)CC(C)O4)C(=O)C(=O)N2Cc2ccco2)cc1. The molecule has 1 saturated heterocycles. The van der Waals surface area contributed by atoms with Gasteiger partial charge in [-0.1, -0.05) is 29.8 Å². The number of hydrogen-bond acceptors (Lipinski definition) is 5. The largest absolute Gasteiger partial charge is 0.507 e. The van der Waals surface area contributed by atoms with E-state index >= 15 is 0 Å². The molecule has 2 atom stereocenters. The number of furan rings is 1. The maximum Gasteiger partial charge on any atom is 0.296 e. The van der Waals surface area contributed by atoms with Gasteiger partial charge in [-0.25, -0.2) is 0 Å². The lowest BCUT2D eigenvalue weighted by molar-refractivity contribution is -0.140. The minimum Gasteiger partial charge on any atom is -0.507 e. The van der Waals surface area contributed by atoms with E-state index in [1.807, 2.05) is 44.2 Å². The minimum atomic E-state index is -0.718. The highest BCUT2D eigenvalue weighted by Gasteiger charge is 2.46. The molecule has 1 aromatic heterocycles. The number of hydrogen-bond donors (Lipinski definition) is 1. The molecule has 1 fully saturated rings. The van der Waals surface area contributed by atoms with Crippen molar-refractivity contribution in [2.75, 3.05) is 0 Å². The van der Waals surface area contributed by atoms with Crippen molar-refractivity contribution in [1.29, 1.82) is 0 Å². The van der Waals surface area contributed by atoms with Crippen LogP contribution >= 0.6 is 0 Å². The van der Waals surface area contributed by atoms with Crippen molar-refractivity contribution < 1.29 is 23.8 Å². The van der Waals surface area contributed by atoms with Gasteiger partial charge in [0.2, 0.25) is 0 Å². The van der Waals surface area contributed by atoms with E-state index in [9.17, 15) is 14.7 Å². The Hall–Kier alpha value is -3.80. The number of carbonyl (C=O) groups is 2. The molecule has 1 N–H and O–H groups in total. The standard InChI is InChI=1S/C26H23NO5/c1-15-5-7-17(8-6-15)23-22(25(29)26(30)27(23)14-20-4-3-11-31-20)24(28)18-9-10-21-19(13-18)12-16(2)32-21/h3-11,13,16,23,28H,12,14H2,1-2H3. The Balaban J connectivity index is 1.63. The van der Waals surface area contributed by atoms with Crippen LogP contribution in [0.3, 0.4) is 0 Å². The van der Waals surface area contributed by atoms with E-state index < -0.39 is 17.7 Å². The van der Waals surface area contributed by atoms with Gasteiger partial charge in [-0.05, 0) is 55.3 Å². The van der Waals surface area contributed by atoms with Crippen LogP contribution in [0.4, 0.5) is 0 Å². The van der Waals surface area contributed by atoms with Crippen molar-refractivity contribution >= 4 is 17.4 Å². The van der Waals surface area contributed by atoms with Gasteiger partial charge in [-0.3, -0.25) is 9.59 Å². The molecule has 2 unspecified atom stereocenters. The molecule has 3 heterocycles. The number of aliphatic hydroxyl groups is 1. The van der Waals surface area contributed by atoms with E-state index in [2.05, 4.69) is 0 Å². The Bertz CT molecular complexity index is 1220. The summed E-state index contributed by atoms with van der Waals surface area (Å²) >= 11 is 0. The highest BCUT2D eigenvalue weighted by Crippen LogP contribution is 2.41. The first-order chi connectivity index (χ1) is 15.4. The monoisotopic (exact) mass is 429 g/mol. The Morgan fingerprint density at radius 3 is 2.62 bits per heavy atom. The van der Waals surface area contributed by atoms with Crippen LogP contribution in [0.1, 0.15) is 41.0 Å². The van der Waals surface area contributed by atoms with Crippen LogP contribution in [0.5, 0.6) is 5.75 Å². The summed E-state index contributed by atoms with van der Waals surface area (Å²) in [5.41, 5.74) is 3.36. The van der Waals surface area contributed by atoms with E-state index in [1.165, 1.54) is 11.2 Å². The lowest BCUT2D eigenvalue weighted by atomic mass is 9.94. The van der Waals surface area contributed by atoms with Gasteiger partial charge in [0.1, 0.15) is 23.4 Å². The van der Waals surface area contributed by atoms with Crippen LogP contribution in [0, 0.1) is 6.92 Å². The van der Waals surface area contributed by atoms with Crippen molar-refractivity contribution in [2.24, 2.45) is 0 Å². The second kappa shape index (κ2) is 7.71. The number of rotatable bonds is 4. The molecule has 0 radical (unpaired) electrons. The Labute approximate surface area is 185 Å². The molecule has 2 aromatic carbocycles. The number of ether oxygens (including phenoxy) is 1. The fourth-order valence-electron chi connectivity index (χ4n) is 4.43. The van der Waals surface area contributed by atoms with Crippen LogP contribution in [-0.2, 0) is 22.6 Å². The third-order valence-corrected chi connectivity index (χ3v) is 6.01. The first kappa shape index (κ1) is 20.1. The van der Waals surface area contributed by atoms with Crippen molar-refractivity contribution in [2.45, 2.75) is 39.0 Å². The molecular formula is C26H23NO5. The van der Waals surface area contributed by atoms with Gasteiger partial charge >= 0.3 is 0 Å². The third-order valence-electron chi connectivity index (χ3n) is 6.01. The zero-order chi connectivity index (χ0) is 22.4. The van der Waals surface area contributed by atoms with E-state index in [4.69, 9.17) is 9.15 Å². The minimum absolute atomic E-state index is 0.0637. The van der Waals surface area contributed by atoms with Crippen molar-refractivity contribution in [3.63, 3.8) is 0 Å². The lowest BCUT2D eigenvalue weighted by Gasteiger charge is -2.24. The van der Waals surface area contributed by atoms with Crippen LogP contribution in [-0.4, -0.2) is 27.8 Å². The molecule has 0 spiro atoms. The van der Waals surface area contributed by atoms with Crippen LogP contribution in [0.2, 0.25) is 0 Å².